The van der Waals surface area contributed by atoms with Gasteiger partial charge in [0.1, 0.15) is 0 Å². The number of nitrogens with one attached hydrogen (secondary N) is 1. The van der Waals surface area contributed by atoms with Crippen LogP contribution in [0.3, 0.4) is 0 Å². The topological polar surface area (TPSA) is 34.1 Å². The van der Waals surface area contributed by atoms with Crippen LogP contribution in [0.5, 0.6) is 0 Å². The number of nitrogens with zero attached hydrogens (tertiary/aromatic N) is 1. The zero-order chi connectivity index (χ0) is 11.6. The molecule has 88 valence electrons. The summed E-state index contributed by atoms with van der Waals surface area (Å²) in [6, 6.07) is 4.39. The van der Waals surface area contributed by atoms with E-state index < -0.39 is 0 Å². The van der Waals surface area contributed by atoms with E-state index in [4.69, 9.17) is 4.74 Å². The second kappa shape index (κ2) is 8.02. The Morgan fingerprint density at radius 3 is 2.88 bits per heavy atom. The van der Waals surface area contributed by atoms with Gasteiger partial charge >= 0.3 is 0 Å². The van der Waals surface area contributed by atoms with Gasteiger partial charge in [0, 0.05) is 25.0 Å². The SMILES string of the molecule is C=CCCOCCNC(C)c1ccncc1. The van der Waals surface area contributed by atoms with Crippen molar-refractivity contribution in [3.05, 3.63) is 42.7 Å². The van der Waals surface area contributed by atoms with E-state index in [9.17, 15) is 0 Å². The van der Waals surface area contributed by atoms with E-state index in [1.165, 1.54) is 5.56 Å². The Morgan fingerprint density at radius 1 is 1.44 bits per heavy atom. The summed E-state index contributed by atoms with van der Waals surface area (Å²) in [5, 5.41) is 3.40. The third-order valence-electron chi connectivity index (χ3n) is 2.37. The maximum Gasteiger partial charge on any atom is 0.0591 e. The number of aromatic nitrogens is 1. The molecule has 0 saturated carbocycles. The quantitative estimate of drug-likeness (QED) is 0.539. The predicted molar refractivity (Wildman–Crippen MR) is 66.3 cm³/mol. The number of ether oxygens (including phenoxy) is 1. The molecule has 1 N–H and O–H groups in total. The molecule has 1 rings (SSSR count). The Bertz CT molecular complexity index is 287. The van der Waals surface area contributed by atoms with Crippen molar-refractivity contribution in [2.24, 2.45) is 0 Å². The Balaban J connectivity index is 2.11. The van der Waals surface area contributed by atoms with Gasteiger partial charge < -0.3 is 10.1 Å². The van der Waals surface area contributed by atoms with E-state index in [1.54, 1.807) is 0 Å². The number of pyridine rings is 1. The van der Waals surface area contributed by atoms with Gasteiger partial charge in [-0.3, -0.25) is 4.98 Å². The van der Waals surface area contributed by atoms with Crippen molar-refractivity contribution in [2.45, 2.75) is 19.4 Å². The van der Waals surface area contributed by atoms with Crippen LogP contribution in [0, 0.1) is 0 Å². The van der Waals surface area contributed by atoms with Crippen molar-refractivity contribution in [1.82, 2.24) is 10.3 Å². The molecule has 0 aliphatic rings. The lowest BCUT2D eigenvalue weighted by Crippen LogP contribution is -2.23. The van der Waals surface area contributed by atoms with Gasteiger partial charge in [0.05, 0.1) is 13.2 Å². The molecule has 3 heteroatoms. The fraction of sp³-hybridized carbons (Fsp3) is 0.462. The minimum Gasteiger partial charge on any atom is -0.380 e. The van der Waals surface area contributed by atoms with Gasteiger partial charge in [-0.05, 0) is 31.0 Å². The highest BCUT2D eigenvalue weighted by Crippen LogP contribution is 2.09. The Labute approximate surface area is 97.5 Å². The van der Waals surface area contributed by atoms with Crippen LogP contribution < -0.4 is 5.32 Å². The molecule has 1 atom stereocenters. The zero-order valence-corrected chi connectivity index (χ0v) is 9.86. The summed E-state index contributed by atoms with van der Waals surface area (Å²) in [6.45, 7) is 8.14. The smallest absolute Gasteiger partial charge is 0.0591 e. The standard InChI is InChI=1S/C13H20N2O/c1-3-4-10-16-11-9-15-12(2)13-5-7-14-8-6-13/h3,5-8,12,15H,1,4,9-11H2,2H3. The van der Waals surface area contributed by atoms with E-state index >= 15 is 0 Å². The lowest BCUT2D eigenvalue weighted by Gasteiger charge is -2.13. The predicted octanol–water partition coefficient (Wildman–Crippen LogP) is 2.32. The summed E-state index contributed by atoms with van der Waals surface area (Å²) in [6.07, 6.45) is 6.41. The first kappa shape index (κ1) is 12.9. The minimum atomic E-state index is 0.339. The van der Waals surface area contributed by atoms with Crippen LogP contribution in [0.1, 0.15) is 24.9 Å². The Morgan fingerprint density at radius 2 is 2.19 bits per heavy atom. The Kier molecular flexibility index (Phi) is 6.45. The molecule has 0 aromatic carbocycles. The van der Waals surface area contributed by atoms with Crippen LogP contribution in [0.25, 0.3) is 0 Å². The molecule has 0 bridgehead atoms. The molecule has 0 spiro atoms. The molecule has 1 aromatic heterocycles. The minimum absolute atomic E-state index is 0.339. The highest BCUT2D eigenvalue weighted by atomic mass is 16.5. The zero-order valence-electron chi connectivity index (χ0n) is 9.86. The first-order valence-corrected chi connectivity index (χ1v) is 5.66. The summed E-state index contributed by atoms with van der Waals surface area (Å²) in [7, 11) is 0. The van der Waals surface area contributed by atoms with E-state index in [0.29, 0.717) is 6.04 Å². The monoisotopic (exact) mass is 220 g/mol. The molecule has 0 aliphatic heterocycles. The third-order valence-corrected chi connectivity index (χ3v) is 2.37. The highest BCUT2D eigenvalue weighted by molar-refractivity contribution is 5.13. The van der Waals surface area contributed by atoms with Gasteiger partial charge in [-0.25, -0.2) is 0 Å². The molecule has 1 unspecified atom stereocenters. The Hall–Kier alpha value is -1.19. The number of hydrogen-bond donors (Lipinski definition) is 1. The molecule has 1 aromatic rings. The largest absolute Gasteiger partial charge is 0.380 e. The van der Waals surface area contributed by atoms with Crippen LogP contribution >= 0.6 is 0 Å². The summed E-state index contributed by atoms with van der Waals surface area (Å²) >= 11 is 0. The van der Waals surface area contributed by atoms with Crippen LogP contribution in [-0.4, -0.2) is 24.7 Å². The van der Waals surface area contributed by atoms with Gasteiger partial charge in [-0.15, -0.1) is 6.58 Å². The molecule has 0 radical (unpaired) electrons. The summed E-state index contributed by atoms with van der Waals surface area (Å²) in [5.74, 6) is 0. The van der Waals surface area contributed by atoms with Crippen LogP contribution in [0.15, 0.2) is 37.2 Å². The van der Waals surface area contributed by atoms with Gasteiger partial charge in [0.25, 0.3) is 0 Å². The van der Waals surface area contributed by atoms with Crippen LogP contribution in [-0.2, 0) is 4.74 Å². The van der Waals surface area contributed by atoms with Gasteiger partial charge in [0.15, 0.2) is 0 Å². The fourth-order valence-corrected chi connectivity index (χ4v) is 1.39. The average molecular weight is 220 g/mol. The van der Waals surface area contributed by atoms with Crippen molar-refractivity contribution in [1.29, 1.82) is 0 Å². The molecule has 16 heavy (non-hydrogen) atoms. The maximum absolute atomic E-state index is 5.41. The molecular weight excluding hydrogens is 200 g/mol. The van der Waals surface area contributed by atoms with E-state index in [-0.39, 0.29) is 0 Å². The summed E-state index contributed by atoms with van der Waals surface area (Å²) < 4.78 is 5.41. The van der Waals surface area contributed by atoms with Crippen molar-refractivity contribution in [3.8, 4) is 0 Å². The molecule has 0 saturated heterocycles. The first-order chi connectivity index (χ1) is 7.84. The normalized spacial score (nSPS) is 12.3. The maximum atomic E-state index is 5.41. The third kappa shape index (κ3) is 5.05. The van der Waals surface area contributed by atoms with Gasteiger partial charge in [-0.2, -0.15) is 0 Å². The first-order valence-electron chi connectivity index (χ1n) is 5.66. The second-order valence-electron chi connectivity index (χ2n) is 3.65. The molecule has 3 nitrogen and oxygen atoms in total. The van der Waals surface area contributed by atoms with Crippen molar-refractivity contribution in [2.75, 3.05) is 19.8 Å². The van der Waals surface area contributed by atoms with Crippen LogP contribution in [0.4, 0.5) is 0 Å². The second-order valence-corrected chi connectivity index (χ2v) is 3.65. The summed E-state index contributed by atoms with van der Waals surface area (Å²) in [4.78, 5) is 4.00. The highest BCUT2D eigenvalue weighted by Gasteiger charge is 2.02. The van der Waals surface area contributed by atoms with E-state index in [1.807, 2.05) is 30.6 Å². The molecular formula is C13H20N2O. The average Bonchev–Trinajstić information content (AvgIpc) is 2.34. The van der Waals surface area contributed by atoms with Crippen molar-refractivity contribution in [3.63, 3.8) is 0 Å². The fourth-order valence-electron chi connectivity index (χ4n) is 1.39. The molecule has 0 amide bonds. The summed E-state index contributed by atoms with van der Waals surface area (Å²) in [5.41, 5.74) is 1.25. The number of hydrogen-bond acceptors (Lipinski definition) is 3. The lowest BCUT2D eigenvalue weighted by molar-refractivity contribution is 0.138. The van der Waals surface area contributed by atoms with Crippen molar-refractivity contribution >= 4 is 0 Å². The number of rotatable bonds is 8. The molecule has 1 heterocycles. The van der Waals surface area contributed by atoms with E-state index in [2.05, 4.69) is 23.8 Å². The van der Waals surface area contributed by atoms with Crippen molar-refractivity contribution < 1.29 is 4.74 Å². The van der Waals surface area contributed by atoms with Crippen LogP contribution in [0.2, 0.25) is 0 Å². The van der Waals surface area contributed by atoms with E-state index in [0.717, 1.165) is 26.2 Å². The van der Waals surface area contributed by atoms with Gasteiger partial charge in [0.2, 0.25) is 0 Å². The molecule has 0 aliphatic carbocycles. The molecule has 0 fully saturated rings. The van der Waals surface area contributed by atoms with Gasteiger partial charge in [-0.1, -0.05) is 6.08 Å². The lowest BCUT2D eigenvalue weighted by atomic mass is 10.1.